The number of hydrogen-bond acceptors (Lipinski definition) is 3. The van der Waals surface area contributed by atoms with E-state index in [1.165, 1.54) is 16.0 Å². The summed E-state index contributed by atoms with van der Waals surface area (Å²) in [6.45, 7) is 6.39. The van der Waals surface area contributed by atoms with Crippen molar-refractivity contribution >= 4 is 17.2 Å². The third-order valence-corrected chi connectivity index (χ3v) is 3.78. The number of nitrogens with one attached hydrogen (secondary N) is 1. The van der Waals surface area contributed by atoms with Gasteiger partial charge in [0.05, 0.1) is 6.04 Å². The summed E-state index contributed by atoms with van der Waals surface area (Å²) < 4.78 is 0. The highest BCUT2D eigenvalue weighted by atomic mass is 32.1. The summed E-state index contributed by atoms with van der Waals surface area (Å²) in [5.41, 5.74) is 2.57. The summed E-state index contributed by atoms with van der Waals surface area (Å²) in [5, 5.41) is 5.56. The lowest BCUT2D eigenvalue weighted by Crippen LogP contribution is -2.07. The fourth-order valence-electron chi connectivity index (χ4n) is 1.73. The number of thiophene rings is 1. The highest BCUT2D eigenvalue weighted by Crippen LogP contribution is 2.26. The van der Waals surface area contributed by atoms with Crippen molar-refractivity contribution < 1.29 is 0 Å². The highest BCUT2D eigenvalue weighted by molar-refractivity contribution is 7.10. The van der Waals surface area contributed by atoms with Gasteiger partial charge in [-0.05, 0) is 55.5 Å². The molecule has 0 spiro atoms. The molecule has 2 nitrogen and oxygen atoms in total. The van der Waals surface area contributed by atoms with Crippen molar-refractivity contribution in [2.75, 3.05) is 5.32 Å². The number of nitrogens with zero attached hydrogens (tertiary/aromatic N) is 1. The van der Waals surface area contributed by atoms with Crippen LogP contribution < -0.4 is 5.32 Å². The largest absolute Gasteiger partial charge is 0.363 e. The first-order chi connectivity index (χ1) is 7.66. The van der Waals surface area contributed by atoms with E-state index >= 15 is 0 Å². The summed E-state index contributed by atoms with van der Waals surface area (Å²) in [6, 6.07) is 6.54. The number of anilines is 1. The summed E-state index contributed by atoms with van der Waals surface area (Å²) in [6.07, 6.45) is 1.84. The molecule has 0 amide bonds. The Morgan fingerprint density at radius 3 is 2.75 bits per heavy atom. The van der Waals surface area contributed by atoms with Crippen molar-refractivity contribution in [3.8, 4) is 0 Å². The fourth-order valence-corrected chi connectivity index (χ4v) is 2.67. The molecule has 0 aromatic carbocycles. The monoisotopic (exact) mass is 232 g/mol. The van der Waals surface area contributed by atoms with E-state index in [4.69, 9.17) is 0 Å². The average molecular weight is 232 g/mol. The number of aromatic nitrogens is 1. The molecule has 0 aliphatic carbocycles. The van der Waals surface area contributed by atoms with E-state index in [-0.39, 0.29) is 0 Å². The van der Waals surface area contributed by atoms with E-state index in [0.717, 1.165) is 5.82 Å². The van der Waals surface area contributed by atoms with E-state index in [1.807, 2.05) is 12.3 Å². The van der Waals surface area contributed by atoms with Crippen molar-refractivity contribution in [1.82, 2.24) is 4.98 Å². The van der Waals surface area contributed by atoms with E-state index in [9.17, 15) is 0 Å². The van der Waals surface area contributed by atoms with Crippen LogP contribution in [-0.2, 0) is 0 Å². The minimum absolute atomic E-state index is 0.314. The van der Waals surface area contributed by atoms with Crippen molar-refractivity contribution in [2.45, 2.75) is 26.8 Å². The molecule has 0 aliphatic rings. The van der Waals surface area contributed by atoms with E-state index in [1.54, 1.807) is 11.3 Å². The van der Waals surface area contributed by atoms with Crippen LogP contribution in [0.5, 0.6) is 0 Å². The van der Waals surface area contributed by atoms with Crippen LogP contribution in [0.25, 0.3) is 0 Å². The predicted octanol–water partition coefficient (Wildman–Crippen LogP) is 3.93. The molecule has 1 atom stereocenters. The number of pyridine rings is 1. The van der Waals surface area contributed by atoms with E-state index in [2.05, 4.69) is 48.6 Å². The molecule has 0 saturated heterocycles. The smallest absolute Gasteiger partial charge is 0.126 e. The van der Waals surface area contributed by atoms with Crippen molar-refractivity contribution in [3.05, 3.63) is 45.8 Å². The van der Waals surface area contributed by atoms with E-state index < -0.39 is 0 Å². The Morgan fingerprint density at radius 1 is 1.31 bits per heavy atom. The molecule has 1 unspecified atom stereocenters. The summed E-state index contributed by atoms with van der Waals surface area (Å²) in [4.78, 5) is 5.69. The maximum Gasteiger partial charge on any atom is 0.126 e. The zero-order valence-corrected chi connectivity index (χ0v) is 10.6. The van der Waals surface area contributed by atoms with Gasteiger partial charge in [-0.3, -0.25) is 0 Å². The van der Waals surface area contributed by atoms with E-state index in [0.29, 0.717) is 6.04 Å². The predicted molar refractivity (Wildman–Crippen MR) is 70.1 cm³/mol. The summed E-state index contributed by atoms with van der Waals surface area (Å²) >= 11 is 1.79. The lowest BCUT2D eigenvalue weighted by atomic mass is 10.2. The van der Waals surface area contributed by atoms with Gasteiger partial charge in [0, 0.05) is 11.1 Å². The molecule has 3 heteroatoms. The van der Waals surface area contributed by atoms with Gasteiger partial charge in [0.2, 0.25) is 0 Å². The van der Waals surface area contributed by atoms with Crippen molar-refractivity contribution in [2.24, 2.45) is 0 Å². The molecule has 84 valence electrons. The van der Waals surface area contributed by atoms with Crippen LogP contribution in [0, 0.1) is 13.8 Å². The first-order valence-corrected chi connectivity index (χ1v) is 6.28. The number of hydrogen-bond donors (Lipinski definition) is 1. The molecule has 0 aliphatic heterocycles. The van der Waals surface area contributed by atoms with Gasteiger partial charge < -0.3 is 5.32 Å². The summed E-state index contributed by atoms with van der Waals surface area (Å²) in [7, 11) is 0. The van der Waals surface area contributed by atoms with Gasteiger partial charge in [0.15, 0.2) is 0 Å². The molecule has 2 rings (SSSR count). The van der Waals surface area contributed by atoms with Gasteiger partial charge in [-0.25, -0.2) is 4.98 Å². The molecule has 1 N–H and O–H groups in total. The Balaban J connectivity index is 2.14. The van der Waals surface area contributed by atoms with Gasteiger partial charge in [-0.1, -0.05) is 0 Å². The fraction of sp³-hybridized carbons (Fsp3) is 0.308. The Labute approximate surface area is 100 Å². The van der Waals surface area contributed by atoms with Crippen molar-refractivity contribution in [1.29, 1.82) is 0 Å². The molecule has 16 heavy (non-hydrogen) atoms. The minimum Gasteiger partial charge on any atom is -0.363 e. The van der Waals surface area contributed by atoms with Crippen molar-refractivity contribution in [3.63, 3.8) is 0 Å². The molecule has 0 fully saturated rings. The van der Waals surface area contributed by atoms with Crippen LogP contribution in [0.3, 0.4) is 0 Å². The first-order valence-electron chi connectivity index (χ1n) is 5.40. The van der Waals surface area contributed by atoms with Crippen LogP contribution in [0.15, 0.2) is 29.8 Å². The molecule has 0 saturated carbocycles. The molecule has 2 aromatic heterocycles. The maximum atomic E-state index is 4.31. The van der Waals surface area contributed by atoms with Gasteiger partial charge in [0.25, 0.3) is 0 Å². The Bertz CT molecular complexity index is 476. The molecule has 0 bridgehead atoms. The average Bonchev–Trinajstić information content (AvgIpc) is 2.64. The van der Waals surface area contributed by atoms with Crippen LogP contribution in [0.2, 0.25) is 0 Å². The molecule has 2 heterocycles. The third-order valence-electron chi connectivity index (χ3n) is 2.57. The zero-order chi connectivity index (χ0) is 11.5. The highest BCUT2D eigenvalue weighted by Gasteiger charge is 2.09. The maximum absolute atomic E-state index is 4.31. The normalized spacial score (nSPS) is 12.4. The zero-order valence-electron chi connectivity index (χ0n) is 9.82. The standard InChI is InChI=1S/C13H16N2S/c1-9-4-6-14-12(8-9)15-11(3)13-10(2)5-7-16-13/h4-8,11H,1-3H3,(H,14,15). The third kappa shape index (κ3) is 2.42. The first kappa shape index (κ1) is 11.1. The molecule has 2 aromatic rings. The van der Waals surface area contributed by atoms with Crippen LogP contribution >= 0.6 is 11.3 Å². The Morgan fingerprint density at radius 2 is 2.12 bits per heavy atom. The second kappa shape index (κ2) is 4.66. The molecular formula is C13H16N2S. The quantitative estimate of drug-likeness (QED) is 0.867. The number of aryl methyl sites for hydroxylation is 2. The molecule has 0 radical (unpaired) electrons. The Hall–Kier alpha value is -1.35. The van der Waals surface area contributed by atoms with Crippen LogP contribution in [0.1, 0.15) is 29.0 Å². The second-order valence-electron chi connectivity index (χ2n) is 4.05. The van der Waals surface area contributed by atoms with Gasteiger partial charge >= 0.3 is 0 Å². The lowest BCUT2D eigenvalue weighted by molar-refractivity contribution is 0.887. The number of rotatable bonds is 3. The van der Waals surface area contributed by atoms with Crippen LogP contribution in [0.4, 0.5) is 5.82 Å². The van der Waals surface area contributed by atoms with Gasteiger partial charge in [0.1, 0.15) is 5.82 Å². The van der Waals surface area contributed by atoms with Crippen LogP contribution in [-0.4, -0.2) is 4.98 Å². The SMILES string of the molecule is Cc1ccnc(NC(C)c2sccc2C)c1. The lowest BCUT2D eigenvalue weighted by Gasteiger charge is -2.14. The topological polar surface area (TPSA) is 24.9 Å². The minimum atomic E-state index is 0.314. The van der Waals surface area contributed by atoms with Gasteiger partial charge in [-0.15, -0.1) is 11.3 Å². The second-order valence-corrected chi connectivity index (χ2v) is 5.00. The summed E-state index contributed by atoms with van der Waals surface area (Å²) in [5.74, 6) is 0.945. The Kier molecular flexibility index (Phi) is 3.25. The molecular weight excluding hydrogens is 216 g/mol. The van der Waals surface area contributed by atoms with Gasteiger partial charge in [-0.2, -0.15) is 0 Å².